The van der Waals surface area contributed by atoms with Crippen LogP contribution in [-0.2, 0) is 0 Å². The number of anilines is 1. The van der Waals surface area contributed by atoms with Crippen LogP contribution in [-0.4, -0.2) is 17.0 Å². The zero-order valence-corrected chi connectivity index (χ0v) is 11.4. The van der Waals surface area contributed by atoms with Crippen molar-refractivity contribution in [2.24, 2.45) is 0 Å². The summed E-state index contributed by atoms with van der Waals surface area (Å²) >= 11 is 1.12. The quantitative estimate of drug-likeness (QED) is 0.903. The number of aryl methyl sites for hydroxylation is 2. The minimum atomic E-state index is -1.03. The lowest BCUT2D eigenvalue weighted by atomic mass is 10.1. The average Bonchev–Trinajstić information content (AvgIpc) is 2.82. The average molecular weight is 275 g/mol. The van der Waals surface area contributed by atoms with E-state index >= 15 is 0 Å². The molecule has 0 unspecified atom stereocenters. The van der Waals surface area contributed by atoms with Gasteiger partial charge in [-0.25, -0.2) is 4.79 Å². The number of amides is 1. The topological polar surface area (TPSA) is 66.4 Å². The molecule has 0 saturated carbocycles. The maximum Gasteiger partial charge on any atom is 0.336 e. The molecule has 0 saturated heterocycles. The molecule has 0 aliphatic rings. The van der Waals surface area contributed by atoms with Gasteiger partial charge in [0.1, 0.15) is 0 Å². The third-order valence-corrected chi connectivity index (χ3v) is 3.63. The van der Waals surface area contributed by atoms with E-state index in [1.807, 2.05) is 32.0 Å². The lowest BCUT2D eigenvalue weighted by molar-refractivity contribution is 0.0697. The van der Waals surface area contributed by atoms with Crippen LogP contribution in [0.15, 0.2) is 29.6 Å². The van der Waals surface area contributed by atoms with Gasteiger partial charge < -0.3 is 10.4 Å². The van der Waals surface area contributed by atoms with Crippen molar-refractivity contribution in [2.75, 3.05) is 5.32 Å². The maximum atomic E-state index is 12.0. The highest BCUT2D eigenvalue weighted by Crippen LogP contribution is 2.20. The van der Waals surface area contributed by atoms with Crippen LogP contribution in [0.4, 0.5) is 5.69 Å². The van der Waals surface area contributed by atoms with Crippen molar-refractivity contribution >= 4 is 28.9 Å². The number of carbonyl (C=O) groups excluding carboxylic acids is 1. The van der Waals surface area contributed by atoms with Gasteiger partial charge >= 0.3 is 5.97 Å². The normalized spacial score (nSPS) is 10.2. The molecule has 0 fully saturated rings. The van der Waals surface area contributed by atoms with Crippen molar-refractivity contribution in [3.8, 4) is 0 Å². The Morgan fingerprint density at radius 1 is 1.21 bits per heavy atom. The van der Waals surface area contributed by atoms with Gasteiger partial charge in [-0.2, -0.15) is 0 Å². The summed E-state index contributed by atoms with van der Waals surface area (Å²) in [6.45, 7) is 3.90. The van der Waals surface area contributed by atoms with Gasteiger partial charge in [0, 0.05) is 11.1 Å². The number of benzene rings is 1. The van der Waals surface area contributed by atoms with Gasteiger partial charge in [0.05, 0.1) is 10.4 Å². The van der Waals surface area contributed by atoms with Gasteiger partial charge in [-0.3, -0.25) is 4.79 Å². The molecule has 0 aliphatic carbocycles. The Bertz CT molecular complexity index is 646. The Balaban J connectivity index is 2.18. The SMILES string of the molecule is Cc1ccc(NC(=O)c2cc(C(=O)O)cs2)c(C)c1. The fourth-order valence-corrected chi connectivity index (χ4v) is 2.48. The van der Waals surface area contributed by atoms with Crippen molar-refractivity contribution in [1.82, 2.24) is 0 Å². The molecule has 0 aliphatic heterocycles. The number of carboxylic acid groups (broad SMARTS) is 1. The number of rotatable bonds is 3. The van der Waals surface area contributed by atoms with E-state index in [-0.39, 0.29) is 11.5 Å². The molecule has 0 radical (unpaired) electrons. The van der Waals surface area contributed by atoms with Crippen molar-refractivity contribution in [2.45, 2.75) is 13.8 Å². The Hall–Kier alpha value is -2.14. The predicted molar refractivity (Wildman–Crippen MR) is 75.1 cm³/mol. The molecule has 0 atom stereocenters. The zero-order chi connectivity index (χ0) is 14.0. The molecule has 1 heterocycles. The summed E-state index contributed by atoms with van der Waals surface area (Å²) in [5.74, 6) is -1.31. The van der Waals surface area contributed by atoms with Crippen molar-refractivity contribution < 1.29 is 14.7 Å². The van der Waals surface area contributed by atoms with Crippen LogP contribution < -0.4 is 5.32 Å². The first kappa shape index (κ1) is 13.3. The van der Waals surface area contributed by atoms with E-state index in [0.29, 0.717) is 4.88 Å². The minimum absolute atomic E-state index is 0.135. The molecule has 1 aromatic carbocycles. The highest BCUT2D eigenvalue weighted by Gasteiger charge is 2.13. The third-order valence-electron chi connectivity index (χ3n) is 2.70. The maximum absolute atomic E-state index is 12.0. The van der Waals surface area contributed by atoms with Crippen LogP contribution >= 0.6 is 11.3 Å². The molecule has 0 bridgehead atoms. The van der Waals surface area contributed by atoms with Crippen LogP contribution in [0.1, 0.15) is 31.2 Å². The molecule has 1 aromatic heterocycles. The first-order chi connectivity index (χ1) is 8.97. The van der Waals surface area contributed by atoms with E-state index in [0.717, 1.165) is 28.2 Å². The Morgan fingerprint density at radius 3 is 2.53 bits per heavy atom. The van der Waals surface area contributed by atoms with E-state index in [2.05, 4.69) is 5.32 Å². The molecule has 4 nitrogen and oxygen atoms in total. The number of thiophene rings is 1. The number of hydrogen-bond donors (Lipinski definition) is 2. The minimum Gasteiger partial charge on any atom is -0.478 e. The molecular weight excluding hydrogens is 262 g/mol. The molecule has 0 spiro atoms. The van der Waals surface area contributed by atoms with E-state index < -0.39 is 5.97 Å². The van der Waals surface area contributed by atoms with E-state index in [4.69, 9.17) is 5.11 Å². The molecule has 2 N–H and O–H groups in total. The van der Waals surface area contributed by atoms with Gasteiger partial charge in [-0.05, 0) is 31.5 Å². The highest BCUT2D eigenvalue weighted by molar-refractivity contribution is 7.12. The summed E-state index contributed by atoms with van der Waals surface area (Å²) in [7, 11) is 0. The highest BCUT2D eigenvalue weighted by atomic mass is 32.1. The number of nitrogens with one attached hydrogen (secondary N) is 1. The van der Waals surface area contributed by atoms with E-state index in [1.165, 1.54) is 11.4 Å². The molecule has 19 heavy (non-hydrogen) atoms. The monoisotopic (exact) mass is 275 g/mol. The molecule has 98 valence electrons. The molecular formula is C14H13NO3S. The smallest absolute Gasteiger partial charge is 0.336 e. The fraction of sp³-hybridized carbons (Fsp3) is 0.143. The lowest BCUT2D eigenvalue weighted by Crippen LogP contribution is -2.11. The molecule has 1 amide bonds. The van der Waals surface area contributed by atoms with Crippen LogP contribution in [0.5, 0.6) is 0 Å². The second kappa shape index (κ2) is 5.24. The zero-order valence-electron chi connectivity index (χ0n) is 10.6. The van der Waals surface area contributed by atoms with Crippen LogP contribution in [0.25, 0.3) is 0 Å². The van der Waals surface area contributed by atoms with Gasteiger partial charge in [0.25, 0.3) is 5.91 Å². The first-order valence-corrected chi connectivity index (χ1v) is 6.56. The van der Waals surface area contributed by atoms with Crippen LogP contribution in [0, 0.1) is 13.8 Å². The van der Waals surface area contributed by atoms with Crippen molar-refractivity contribution in [1.29, 1.82) is 0 Å². The fourth-order valence-electron chi connectivity index (χ4n) is 1.71. The third kappa shape index (κ3) is 3.00. The number of carbonyl (C=O) groups is 2. The Morgan fingerprint density at radius 2 is 1.95 bits per heavy atom. The standard InChI is InChI=1S/C14H13NO3S/c1-8-3-4-11(9(2)5-8)15-13(16)12-6-10(7-19-12)14(17)18/h3-7H,1-2H3,(H,15,16)(H,17,18). The predicted octanol–water partition coefficient (Wildman–Crippen LogP) is 3.32. The summed E-state index contributed by atoms with van der Waals surface area (Å²) in [5, 5.41) is 13.1. The van der Waals surface area contributed by atoms with Gasteiger partial charge in [0.2, 0.25) is 0 Å². The van der Waals surface area contributed by atoms with E-state index in [1.54, 1.807) is 0 Å². The lowest BCUT2D eigenvalue weighted by Gasteiger charge is -2.07. The number of hydrogen-bond acceptors (Lipinski definition) is 3. The largest absolute Gasteiger partial charge is 0.478 e. The first-order valence-electron chi connectivity index (χ1n) is 5.68. The Labute approximate surface area is 114 Å². The molecule has 2 rings (SSSR count). The van der Waals surface area contributed by atoms with Crippen LogP contribution in [0.2, 0.25) is 0 Å². The Kier molecular flexibility index (Phi) is 3.66. The van der Waals surface area contributed by atoms with Gasteiger partial charge in [0.15, 0.2) is 0 Å². The van der Waals surface area contributed by atoms with Crippen LogP contribution in [0.3, 0.4) is 0 Å². The number of carboxylic acids is 1. The summed E-state index contributed by atoms with van der Waals surface area (Å²) in [6, 6.07) is 7.12. The second-order valence-electron chi connectivity index (χ2n) is 4.28. The number of aromatic carboxylic acids is 1. The van der Waals surface area contributed by atoms with Gasteiger partial charge in [-0.1, -0.05) is 17.7 Å². The van der Waals surface area contributed by atoms with E-state index in [9.17, 15) is 9.59 Å². The summed E-state index contributed by atoms with van der Waals surface area (Å²) < 4.78 is 0. The van der Waals surface area contributed by atoms with Crippen molar-refractivity contribution in [3.63, 3.8) is 0 Å². The molecule has 2 aromatic rings. The summed E-state index contributed by atoms with van der Waals surface area (Å²) in [6.07, 6.45) is 0. The summed E-state index contributed by atoms with van der Waals surface area (Å²) in [4.78, 5) is 23.1. The van der Waals surface area contributed by atoms with Crippen molar-refractivity contribution in [3.05, 3.63) is 51.2 Å². The summed E-state index contributed by atoms with van der Waals surface area (Å²) in [5.41, 5.74) is 2.97. The van der Waals surface area contributed by atoms with Gasteiger partial charge in [-0.15, -0.1) is 11.3 Å². The molecule has 5 heteroatoms. The second-order valence-corrected chi connectivity index (χ2v) is 5.19.